The number of hydrogen-bond acceptors (Lipinski definition) is 3. The average Bonchev–Trinajstić information content (AvgIpc) is 2.89. The molecule has 0 aliphatic rings. The summed E-state index contributed by atoms with van der Waals surface area (Å²) in [6.45, 7) is 1.37. The Kier molecular flexibility index (Phi) is 20.7. The molecule has 0 heterocycles. The Balaban J connectivity index is 4.12. The van der Waals surface area contributed by atoms with Crippen LogP contribution in [0.25, 0.3) is 0 Å². The van der Waals surface area contributed by atoms with Gasteiger partial charge in [0, 0.05) is 12.8 Å². The monoisotopic (exact) mass is 650 g/mol. The van der Waals surface area contributed by atoms with Crippen LogP contribution in [0, 0.1) is 0 Å². The predicted molar refractivity (Wildman–Crippen MR) is 148 cm³/mol. The Morgan fingerprint density at radius 2 is 0.810 bits per heavy atom. The molecule has 0 unspecified atom stereocenters. The van der Waals surface area contributed by atoms with Crippen LogP contribution in [0.5, 0.6) is 0 Å². The Hall–Kier alpha value is -0.720. The van der Waals surface area contributed by atoms with Gasteiger partial charge in [0.1, 0.15) is 0 Å². The van der Waals surface area contributed by atoms with Gasteiger partial charge >= 0.3 is 33.4 Å². The van der Waals surface area contributed by atoms with Crippen molar-refractivity contribution in [1.29, 1.82) is 0 Å². The van der Waals surface area contributed by atoms with Gasteiger partial charge in [-0.15, -0.1) is 0 Å². The second-order valence-electron chi connectivity index (χ2n) is 11.3. The third-order valence-electron chi connectivity index (χ3n) is 7.33. The van der Waals surface area contributed by atoms with Gasteiger partial charge in [0.25, 0.3) is 0 Å². The van der Waals surface area contributed by atoms with E-state index in [0.29, 0.717) is 12.8 Å². The number of halogens is 9. The molecule has 0 rings (SSSR count). The van der Waals surface area contributed by atoms with Gasteiger partial charge in [-0.3, -0.25) is 4.18 Å². The normalized spacial score (nSPS) is 13.7. The first-order valence-corrected chi connectivity index (χ1v) is 17.0. The molecule has 0 saturated carbocycles. The number of alkyl halides is 9. The maximum Gasteiger partial charge on any atom is 0.438 e. The average molecular weight is 651 g/mol. The van der Waals surface area contributed by atoms with Crippen molar-refractivity contribution in [2.24, 2.45) is 0 Å². The largest absolute Gasteiger partial charge is 0.438 e. The third-order valence-corrected chi connectivity index (χ3v) is 8.69. The second-order valence-corrected chi connectivity index (χ2v) is 12.9. The van der Waals surface area contributed by atoms with Crippen molar-refractivity contribution in [3.05, 3.63) is 0 Å². The van der Waals surface area contributed by atoms with E-state index in [1.165, 1.54) is 64.2 Å². The maximum atomic E-state index is 14.1. The molecule has 3 nitrogen and oxygen atoms in total. The van der Waals surface area contributed by atoms with Crippen LogP contribution in [0.15, 0.2) is 0 Å². The van der Waals surface area contributed by atoms with E-state index in [9.17, 15) is 47.9 Å². The van der Waals surface area contributed by atoms with E-state index in [2.05, 4.69) is 11.1 Å². The van der Waals surface area contributed by atoms with Crippen molar-refractivity contribution in [3.8, 4) is 0 Å². The standard InChI is InChI=1S/C29H51F9O3S/c1-2-3-4-5-6-7-8-9-10-11-12-13-14-15-16-19-22-25-41-42(39,40)29(37,38)28(35,36)26(30,31)23-20-17-18-21-24-27(32,33)34/h2-25H2,1H3. The Morgan fingerprint density at radius 1 is 0.476 bits per heavy atom. The zero-order valence-electron chi connectivity index (χ0n) is 25.0. The van der Waals surface area contributed by atoms with Crippen LogP contribution in [-0.4, -0.2) is 38.3 Å². The van der Waals surface area contributed by atoms with Crippen molar-refractivity contribution >= 4 is 10.1 Å². The lowest BCUT2D eigenvalue weighted by molar-refractivity contribution is -0.283. The topological polar surface area (TPSA) is 43.4 Å². The summed E-state index contributed by atoms with van der Waals surface area (Å²) in [6.07, 6.45) is 8.47. The summed E-state index contributed by atoms with van der Waals surface area (Å²) in [4.78, 5) is 0. The second kappa shape index (κ2) is 21.1. The van der Waals surface area contributed by atoms with Crippen LogP contribution in [-0.2, 0) is 14.3 Å². The molecule has 0 N–H and O–H groups in total. The van der Waals surface area contributed by atoms with Crippen molar-refractivity contribution in [1.82, 2.24) is 0 Å². The first kappa shape index (κ1) is 41.3. The molecule has 0 bridgehead atoms. The van der Waals surface area contributed by atoms with Crippen molar-refractivity contribution in [2.45, 2.75) is 178 Å². The fourth-order valence-electron chi connectivity index (χ4n) is 4.62. The molecule has 0 fully saturated rings. The first-order valence-electron chi connectivity index (χ1n) is 15.6. The molecule has 0 aromatic rings. The van der Waals surface area contributed by atoms with E-state index in [1.807, 2.05) is 0 Å². The highest BCUT2D eigenvalue weighted by Crippen LogP contribution is 2.50. The van der Waals surface area contributed by atoms with Gasteiger partial charge in [-0.2, -0.15) is 47.9 Å². The summed E-state index contributed by atoms with van der Waals surface area (Å²) >= 11 is 0. The van der Waals surface area contributed by atoms with Gasteiger partial charge in [-0.1, -0.05) is 122 Å². The molecule has 0 spiro atoms. The van der Waals surface area contributed by atoms with Gasteiger partial charge in [0.15, 0.2) is 0 Å². The smallest absolute Gasteiger partial charge is 0.265 e. The quantitative estimate of drug-likeness (QED) is 0.0481. The first-order chi connectivity index (χ1) is 19.5. The molecule has 0 aliphatic heterocycles. The van der Waals surface area contributed by atoms with Crippen LogP contribution >= 0.6 is 0 Å². The lowest BCUT2D eigenvalue weighted by Gasteiger charge is -2.31. The fraction of sp³-hybridized carbons (Fsp3) is 1.00. The maximum absolute atomic E-state index is 14.1. The van der Waals surface area contributed by atoms with E-state index < -0.39 is 65.7 Å². The zero-order chi connectivity index (χ0) is 32.2. The molecule has 42 heavy (non-hydrogen) atoms. The minimum atomic E-state index is -6.37. The van der Waals surface area contributed by atoms with Crippen molar-refractivity contribution < 1.29 is 52.1 Å². The Bertz CT molecular complexity index is 773. The summed E-state index contributed by atoms with van der Waals surface area (Å²) in [5.74, 6) is -11.7. The van der Waals surface area contributed by atoms with E-state index in [4.69, 9.17) is 0 Å². The summed E-state index contributed by atoms with van der Waals surface area (Å²) in [7, 11) is -6.37. The minimum absolute atomic E-state index is 0.0202. The van der Waals surface area contributed by atoms with Crippen LogP contribution in [0.4, 0.5) is 39.5 Å². The van der Waals surface area contributed by atoms with Crippen molar-refractivity contribution in [3.63, 3.8) is 0 Å². The molecule has 13 heteroatoms. The number of rotatable bonds is 28. The van der Waals surface area contributed by atoms with Crippen LogP contribution in [0.1, 0.15) is 155 Å². The van der Waals surface area contributed by atoms with Crippen LogP contribution < -0.4 is 0 Å². The molecule has 0 atom stereocenters. The van der Waals surface area contributed by atoms with Gasteiger partial charge < -0.3 is 0 Å². The molecule has 0 radical (unpaired) electrons. The van der Waals surface area contributed by atoms with Crippen molar-refractivity contribution in [2.75, 3.05) is 6.61 Å². The number of unbranched alkanes of at least 4 members (excludes halogenated alkanes) is 19. The fourth-order valence-corrected chi connectivity index (χ4v) is 5.57. The number of hydrogen-bond donors (Lipinski definition) is 0. The zero-order valence-corrected chi connectivity index (χ0v) is 25.8. The van der Waals surface area contributed by atoms with E-state index in [-0.39, 0.29) is 19.3 Å². The summed E-state index contributed by atoms with van der Waals surface area (Å²) in [6, 6.07) is 0. The van der Waals surface area contributed by atoms with Crippen LogP contribution in [0.2, 0.25) is 0 Å². The molecular formula is C29H51F9O3S. The van der Waals surface area contributed by atoms with Gasteiger partial charge in [0.05, 0.1) is 6.61 Å². The van der Waals surface area contributed by atoms with E-state index in [1.54, 1.807) is 0 Å². The molecular weight excluding hydrogens is 599 g/mol. The SMILES string of the molecule is CCCCCCCCCCCCCCCCCCCOS(=O)(=O)C(F)(F)C(F)(F)C(F)(F)CCCCCCC(F)(F)F. The van der Waals surface area contributed by atoms with Gasteiger partial charge in [-0.05, 0) is 19.3 Å². The lowest BCUT2D eigenvalue weighted by Crippen LogP contribution is -2.58. The van der Waals surface area contributed by atoms with Gasteiger partial charge in [0.2, 0.25) is 0 Å². The van der Waals surface area contributed by atoms with Gasteiger partial charge in [-0.25, -0.2) is 0 Å². The molecule has 0 saturated heterocycles. The third kappa shape index (κ3) is 16.9. The molecule has 0 aromatic heterocycles. The highest BCUT2D eigenvalue weighted by molar-refractivity contribution is 7.87. The molecule has 0 aromatic carbocycles. The molecule has 0 aliphatic carbocycles. The minimum Gasteiger partial charge on any atom is -0.265 e. The molecule has 254 valence electrons. The Morgan fingerprint density at radius 3 is 1.19 bits per heavy atom. The summed E-state index contributed by atoms with van der Waals surface area (Å²) in [5, 5.41) is -6.19. The van der Waals surface area contributed by atoms with E-state index in [0.717, 1.165) is 25.7 Å². The highest BCUT2D eigenvalue weighted by Gasteiger charge is 2.77. The summed E-state index contributed by atoms with van der Waals surface area (Å²) in [5.41, 5.74) is 0. The highest BCUT2D eigenvalue weighted by atomic mass is 32.2. The lowest BCUT2D eigenvalue weighted by atomic mass is 10.0. The Labute approximate surface area is 246 Å². The van der Waals surface area contributed by atoms with E-state index >= 15 is 0 Å². The predicted octanol–water partition coefficient (Wildman–Crippen LogP) is 11.8. The molecule has 0 amide bonds. The van der Waals surface area contributed by atoms with Crippen LogP contribution in [0.3, 0.4) is 0 Å². The summed E-state index contributed by atoms with van der Waals surface area (Å²) < 4.78 is 148.